The monoisotopic (exact) mass is 175 g/mol. The van der Waals surface area contributed by atoms with Crippen molar-refractivity contribution in [1.29, 1.82) is 5.26 Å². The highest BCUT2D eigenvalue weighted by Crippen LogP contribution is 2.20. The minimum atomic E-state index is 0.519. The Balaban J connectivity index is 2.19. The van der Waals surface area contributed by atoms with Crippen LogP contribution in [0.4, 0.5) is 0 Å². The van der Waals surface area contributed by atoms with Gasteiger partial charge in [0.2, 0.25) is 0 Å². The number of nitrogens with one attached hydrogen (secondary N) is 1. The lowest BCUT2D eigenvalue weighted by molar-refractivity contribution is 0.367. The first-order chi connectivity index (χ1) is 6.42. The average Bonchev–Trinajstić information content (AvgIpc) is 2.67. The lowest BCUT2D eigenvalue weighted by Crippen LogP contribution is -2.29. The number of aromatic nitrogens is 1. The van der Waals surface area contributed by atoms with Gasteiger partial charge in [-0.05, 0) is 38.1 Å². The maximum Gasteiger partial charge on any atom is 0.120 e. The van der Waals surface area contributed by atoms with Gasteiger partial charge in [0, 0.05) is 12.2 Å². The fraction of sp³-hybridized carbons (Fsp3) is 0.500. The SMILES string of the molecule is N#Cc1cccn1C1CCNCC1. The van der Waals surface area contributed by atoms with Crippen LogP contribution in [0.2, 0.25) is 0 Å². The second kappa shape index (κ2) is 3.63. The largest absolute Gasteiger partial charge is 0.336 e. The quantitative estimate of drug-likeness (QED) is 0.698. The van der Waals surface area contributed by atoms with Gasteiger partial charge in [-0.3, -0.25) is 0 Å². The standard InChI is InChI=1S/C10H13N3/c11-8-10-2-1-7-13(10)9-3-5-12-6-4-9/h1-2,7,9,12H,3-6H2. The molecule has 1 aromatic heterocycles. The Morgan fingerprint density at radius 1 is 1.46 bits per heavy atom. The zero-order chi connectivity index (χ0) is 9.10. The molecule has 1 N–H and O–H groups in total. The summed E-state index contributed by atoms with van der Waals surface area (Å²) in [6.45, 7) is 2.13. The molecule has 68 valence electrons. The predicted molar refractivity (Wildman–Crippen MR) is 50.3 cm³/mol. The molecule has 0 amide bonds. The Morgan fingerprint density at radius 3 is 2.92 bits per heavy atom. The molecule has 1 fully saturated rings. The number of piperidine rings is 1. The summed E-state index contributed by atoms with van der Waals surface area (Å²) < 4.78 is 2.10. The number of hydrogen-bond acceptors (Lipinski definition) is 2. The summed E-state index contributed by atoms with van der Waals surface area (Å²) in [6, 6.07) is 6.56. The smallest absolute Gasteiger partial charge is 0.120 e. The van der Waals surface area contributed by atoms with Crippen molar-refractivity contribution in [3.63, 3.8) is 0 Å². The average molecular weight is 175 g/mol. The zero-order valence-electron chi connectivity index (χ0n) is 7.53. The summed E-state index contributed by atoms with van der Waals surface area (Å²) in [6.07, 6.45) is 4.27. The fourth-order valence-corrected chi connectivity index (χ4v) is 1.89. The van der Waals surface area contributed by atoms with Crippen LogP contribution in [-0.2, 0) is 0 Å². The van der Waals surface area contributed by atoms with Gasteiger partial charge < -0.3 is 9.88 Å². The fourth-order valence-electron chi connectivity index (χ4n) is 1.89. The van der Waals surface area contributed by atoms with E-state index >= 15 is 0 Å². The van der Waals surface area contributed by atoms with E-state index in [1.165, 1.54) is 0 Å². The van der Waals surface area contributed by atoms with E-state index in [1.807, 2.05) is 18.3 Å². The van der Waals surface area contributed by atoms with Crippen LogP contribution in [0.5, 0.6) is 0 Å². The van der Waals surface area contributed by atoms with Crippen LogP contribution in [-0.4, -0.2) is 17.7 Å². The van der Waals surface area contributed by atoms with Crippen molar-refractivity contribution < 1.29 is 0 Å². The Bertz CT molecular complexity index is 315. The molecule has 1 aromatic rings. The maximum absolute atomic E-state index is 8.85. The highest BCUT2D eigenvalue weighted by molar-refractivity contribution is 5.22. The molecule has 2 rings (SSSR count). The molecule has 1 saturated heterocycles. The number of nitriles is 1. The van der Waals surface area contributed by atoms with Crippen LogP contribution < -0.4 is 5.32 Å². The Labute approximate surface area is 78.0 Å². The predicted octanol–water partition coefficient (Wildman–Crippen LogP) is 1.28. The van der Waals surface area contributed by atoms with Gasteiger partial charge in [-0.1, -0.05) is 0 Å². The van der Waals surface area contributed by atoms with Crippen molar-refractivity contribution in [3.05, 3.63) is 24.0 Å². The van der Waals surface area contributed by atoms with Crippen molar-refractivity contribution in [1.82, 2.24) is 9.88 Å². The summed E-state index contributed by atoms with van der Waals surface area (Å²) in [5.74, 6) is 0. The molecule has 0 radical (unpaired) electrons. The molecule has 0 aliphatic carbocycles. The van der Waals surface area contributed by atoms with Gasteiger partial charge in [-0.2, -0.15) is 5.26 Å². The van der Waals surface area contributed by atoms with Crippen LogP contribution >= 0.6 is 0 Å². The van der Waals surface area contributed by atoms with Crippen molar-refractivity contribution in [2.24, 2.45) is 0 Å². The first kappa shape index (κ1) is 8.33. The summed E-state index contributed by atoms with van der Waals surface area (Å²) >= 11 is 0. The Hall–Kier alpha value is -1.27. The number of nitrogens with zero attached hydrogens (tertiary/aromatic N) is 2. The van der Waals surface area contributed by atoms with Gasteiger partial charge >= 0.3 is 0 Å². The van der Waals surface area contributed by atoms with Gasteiger partial charge in [0.25, 0.3) is 0 Å². The lowest BCUT2D eigenvalue weighted by Gasteiger charge is -2.24. The summed E-state index contributed by atoms with van der Waals surface area (Å²) in [4.78, 5) is 0. The summed E-state index contributed by atoms with van der Waals surface area (Å²) in [5.41, 5.74) is 0.784. The third-order valence-electron chi connectivity index (χ3n) is 2.60. The normalized spacial score (nSPS) is 18.4. The highest BCUT2D eigenvalue weighted by atomic mass is 15.0. The molecule has 0 saturated carbocycles. The van der Waals surface area contributed by atoms with E-state index in [1.54, 1.807) is 0 Å². The lowest BCUT2D eigenvalue weighted by atomic mass is 10.1. The van der Waals surface area contributed by atoms with Gasteiger partial charge in [0.15, 0.2) is 0 Å². The second-order valence-electron chi connectivity index (χ2n) is 3.39. The maximum atomic E-state index is 8.85. The van der Waals surface area contributed by atoms with Crippen LogP contribution in [0, 0.1) is 11.3 Å². The summed E-state index contributed by atoms with van der Waals surface area (Å²) in [5, 5.41) is 12.2. The minimum Gasteiger partial charge on any atom is -0.336 e. The molecule has 3 nitrogen and oxygen atoms in total. The summed E-state index contributed by atoms with van der Waals surface area (Å²) in [7, 11) is 0. The first-order valence-corrected chi connectivity index (χ1v) is 4.69. The van der Waals surface area contributed by atoms with Gasteiger partial charge in [0.1, 0.15) is 11.8 Å². The topological polar surface area (TPSA) is 40.8 Å². The van der Waals surface area contributed by atoms with E-state index in [-0.39, 0.29) is 0 Å². The van der Waals surface area contributed by atoms with Gasteiger partial charge in [0.05, 0.1) is 0 Å². The molecular formula is C10H13N3. The molecular weight excluding hydrogens is 162 g/mol. The molecule has 1 aliphatic heterocycles. The third kappa shape index (κ3) is 1.58. The Morgan fingerprint density at radius 2 is 2.23 bits per heavy atom. The molecule has 0 unspecified atom stereocenters. The van der Waals surface area contributed by atoms with E-state index in [2.05, 4.69) is 16.0 Å². The van der Waals surface area contributed by atoms with E-state index in [4.69, 9.17) is 5.26 Å². The molecule has 0 atom stereocenters. The third-order valence-corrected chi connectivity index (χ3v) is 2.60. The van der Waals surface area contributed by atoms with Crippen molar-refractivity contribution in [2.75, 3.05) is 13.1 Å². The van der Waals surface area contributed by atoms with Crippen LogP contribution in [0.15, 0.2) is 18.3 Å². The van der Waals surface area contributed by atoms with E-state index < -0.39 is 0 Å². The molecule has 1 aliphatic rings. The van der Waals surface area contributed by atoms with E-state index in [9.17, 15) is 0 Å². The molecule has 3 heteroatoms. The van der Waals surface area contributed by atoms with Crippen LogP contribution in [0.25, 0.3) is 0 Å². The zero-order valence-corrected chi connectivity index (χ0v) is 7.53. The molecule has 0 bridgehead atoms. The van der Waals surface area contributed by atoms with E-state index in [0.717, 1.165) is 31.6 Å². The van der Waals surface area contributed by atoms with Gasteiger partial charge in [-0.25, -0.2) is 0 Å². The Kier molecular flexibility index (Phi) is 2.33. The second-order valence-corrected chi connectivity index (χ2v) is 3.39. The number of rotatable bonds is 1. The van der Waals surface area contributed by atoms with Crippen molar-refractivity contribution >= 4 is 0 Å². The van der Waals surface area contributed by atoms with Crippen molar-refractivity contribution in [3.8, 4) is 6.07 Å². The van der Waals surface area contributed by atoms with E-state index in [0.29, 0.717) is 6.04 Å². The first-order valence-electron chi connectivity index (χ1n) is 4.69. The molecule has 0 aromatic carbocycles. The highest BCUT2D eigenvalue weighted by Gasteiger charge is 2.15. The molecule has 13 heavy (non-hydrogen) atoms. The molecule has 0 spiro atoms. The van der Waals surface area contributed by atoms with Crippen LogP contribution in [0.3, 0.4) is 0 Å². The van der Waals surface area contributed by atoms with Gasteiger partial charge in [-0.15, -0.1) is 0 Å². The number of hydrogen-bond donors (Lipinski definition) is 1. The van der Waals surface area contributed by atoms with Crippen LogP contribution in [0.1, 0.15) is 24.6 Å². The molecule has 2 heterocycles. The minimum absolute atomic E-state index is 0.519. The van der Waals surface area contributed by atoms with Crippen molar-refractivity contribution in [2.45, 2.75) is 18.9 Å².